The maximum Gasteiger partial charge on any atom is 0.340 e. The summed E-state index contributed by atoms with van der Waals surface area (Å²) in [5.74, 6) is 8.19. The number of methoxy groups -OCH3 is 1. The molecule has 0 aliphatic rings. The molecule has 0 aliphatic carbocycles. The molecule has 0 spiro atoms. The van der Waals surface area contributed by atoms with E-state index in [0.717, 1.165) is 27.0 Å². The number of aromatic nitrogens is 2. The number of carbonyl (C=O) groups excluding carboxylic acids is 1. The van der Waals surface area contributed by atoms with E-state index in [2.05, 4.69) is 20.6 Å². The van der Waals surface area contributed by atoms with Crippen LogP contribution in [0.4, 0.5) is 22.1 Å². The van der Waals surface area contributed by atoms with Gasteiger partial charge < -0.3 is 20.1 Å². The number of urea groups is 1. The third-order valence-electron chi connectivity index (χ3n) is 5.32. The third kappa shape index (κ3) is 5.25. The van der Waals surface area contributed by atoms with Gasteiger partial charge in [0, 0.05) is 29.1 Å². The summed E-state index contributed by atoms with van der Waals surface area (Å²) in [6, 6.07) is 17.9. The summed E-state index contributed by atoms with van der Waals surface area (Å²) in [6.07, 6.45) is 0. The van der Waals surface area contributed by atoms with Crippen LogP contribution in [-0.2, 0) is 0 Å². The molecule has 0 atom stereocenters. The van der Waals surface area contributed by atoms with E-state index < -0.39 is 6.03 Å². The first-order chi connectivity index (χ1) is 16.9. The summed E-state index contributed by atoms with van der Waals surface area (Å²) in [4.78, 5) is 21.8. The average molecular weight is 473 g/mol. The molecular formula is C26H28N6O3. The van der Waals surface area contributed by atoms with Crippen molar-refractivity contribution in [2.24, 2.45) is 5.84 Å². The van der Waals surface area contributed by atoms with Gasteiger partial charge in [0.15, 0.2) is 0 Å². The number of rotatable bonds is 7. The first kappa shape index (κ1) is 23.8. The van der Waals surface area contributed by atoms with E-state index in [0.29, 0.717) is 41.2 Å². The van der Waals surface area contributed by atoms with Gasteiger partial charge in [-0.1, -0.05) is 30.3 Å². The number of fused-ring (bicyclic) bond motifs is 1. The molecule has 1 heterocycles. The van der Waals surface area contributed by atoms with Crippen molar-refractivity contribution in [2.45, 2.75) is 20.8 Å². The summed E-state index contributed by atoms with van der Waals surface area (Å²) in [5.41, 5.74) is 2.79. The Kier molecular flexibility index (Phi) is 6.98. The second kappa shape index (κ2) is 10.3. The summed E-state index contributed by atoms with van der Waals surface area (Å²) in [7, 11) is 1.53. The molecule has 3 aromatic carbocycles. The standard InChI is InChI=1S/C26H28N6O3/c1-5-28-25-29-17(3)15-24(31-25)35-22-13-11-20(18-8-6-7-9-19(18)22)30-26(33)32(27)21-14-16(2)10-12-23(21)34-4/h6-15H,5,27H2,1-4H3,(H,30,33)(H,28,29,31). The van der Waals surface area contributed by atoms with E-state index >= 15 is 0 Å². The average Bonchev–Trinajstić information content (AvgIpc) is 2.85. The number of benzene rings is 3. The lowest BCUT2D eigenvalue weighted by atomic mass is 10.1. The number of nitrogens with one attached hydrogen (secondary N) is 2. The van der Waals surface area contributed by atoms with Crippen molar-refractivity contribution in [3.63, 3.8) is 0 Å². The normalized spacial score (nSPS) is 10.7. The maximum absolute atomic E-state index is 13.0. The molecule has 2 amide bonds. The zero-order chi connectivity index (χ0) is 24.9. The Morgan fingerprint density at radius 2 is 1.74 bits per heavy atom. The van der Waals surface area contributed by atoms with Gasteiger partial charge in [-0.15, -0.1) is 0 Å². The highest BCUT2D eigenvalue weighted by Gasteiger charge is 2.18. The summed E-state index contributed by atoms with van der Waals surface area (Å²) < 4.78 is 11.5. The largest absolute Gasteiger partial charge is 0.495 e. The fourth-order valence-corrected chi connectivity index (χ4v) is 3.68. The highest BCUT2D eigenvalue weighted by atomic mass is 16.5. The van der Waals surface area contributed by atoms with Crippen LogP contribution in [0.25, 0.3) is 10.8 Å². The lowest BCUT2D eigenvalue weighted by Crippen LogP contribution is -2.41. The fourth-order valence-electron chi connectivity index (χ4n) is 3.68. The number of hydrogen-bond donors (Lipinski definition) is 3. The van der Waals surface area contributed by atoms with Crippen molar-refractivity contribution < 1.29 is 14.3 Å². The van der Waals surface area contributed by atoms with Gasteiger partial charge in [-0.3, -0.25) is 0 Å². The Morgan fingerprint density at radius 1 is 1.00 bits per heavy atom. The van der Waals surface area contributed by atoms with E-state index in [1.807, 2.05) is 51.1 Å². The van der Waals surface area contributed by atoms with Gasteiger partial charge in [-0.2, -0.15) is 4.98 Å². The second-order valence-corrected chi connectivity index (χ2v) is 7.94. The lowest BCUT2D eigenvalue weighted by molar-refractivity contribution is 0.257. The van der Waals surface area contributed by atoms with E-state index in [-0.39, 0.29) is 0 Å². The topological polar surface area (TPSA) is 115 Å². The molecule has 0 saturated carbocycles. The van der Waals surface area contributed by atoms with Gasteiger partial charge in [-0.05, 0) is 50.6 Å². The first-order valence-electron chi connectivity index (χ1n) is 11.2. The van der Waals surface area contributed by atoms with Crippen LogP contribution in [0.15, 0.2) is 60.7 Å². The molecule has 0 radical (unpaired) electrons. The van der Waals surface area contributed by atoms with Crippen molar-refractivity contribution >= 4 is 34.1 Å². The van der Waals surface area contributed by atoms with Crippen molar-refractivity contribution in [3.05, 3.63) is 71.9 Å². The van der Waals surface area contributed by atoms with Crippen LogP contribution in [0, 0.1) is 13.8 Å². The molecule has 4 aromatic rings. The zero-order valence-corrected chi connectivity index (χ0v) is 20.1. The van der Waals surface area contributed by atoms with Crippen molar-refractivity contribution in [2.75, 3.05) is 29.3 Å². The minimum absolute atomic E-state index is 0.426. The van der Waals surface area contributed by atoms with Crippen LogP contribution in [0.5, 0.6) is 17.4 Å². The van der Waals surface area contributed by atoms with Gasteiger partial charge >= 0.3 is 6.03 Å². The second-order valence-electron chi connectivity index (χ2n) is 7.94. The molecule has 0 bridgehead atoms. The summed E-state index contributed by atoms with van der Waals surface area (Å²) >= 11 is 0. The highest BCUT2D eigenvalue weighted by Crippen LogP contribution is 2.35. The number of nitrogens with zero attached hydrogens (tertiary/aromatic N) is 3. The molecule has 9 nitrogen and oxygen atoms in total. The third-order valence-corrected chi connectivity index (χ3v) is 5.32. The van der Waals surface area contributed by atoms with Crippen LogP contribution in [-0.4, -0.2) is 29.7 Å². The van der Waals surface area contributed by atoms with Gasteiger partial charge in [0.1, 0.15) is 17.2 Å². The van der Waals surface area contributed by atoms with Gasteiger partial charge in [0.25, 0.3) is 0 Å². The molecular weight excluding hydrogens is 444 g/mol. The Morgan fingerprint density at radius 3 is 2.49 bits per heavy atom. The van der Waals surface area contributed by atoms with E-state index in [1.54, 1.807) is 30.3 Å². The minimum atomic E-state index is -0.505. The smallest absolute Gasteiger partial charge is 0.340 e. The molecule has 180 valence electrons. The zero-order valence-electron chi connectivity index (χ0n) is 20.1. The maximum atomic E-state index is 13.0. The molecule has 35 heavy (non-hydrogen) atoms. The van der Waals surface area contributed by atoms with Crippen LogP contribution in [0.2, 0.25) is 0 Å². The number of aryl methyl sites for hydroxylation is 2. The molecule has 0 saturated heterocycles. The molecule has 1 aromatic heterocycles. The number of hydrogen-bond acceptors (Lipinski definition) is 7. The minimum Gasteiger partial charge on any atom is -0.495 e. The number of anilines is 3. The Bertz CT molecular complexity index is 1370. The van der Waals surface area contributed by atoms with E-state index in [4.69, 9.17) is 15.3 Å². The Labute approximate surface area is 203 Å². The molecule has 0 aliphatic heterocycles. The Hall–Kier alpha value is -4.37. The Balaban J connectivity index is 1.63. The van der Waals surface area contributed by atoms with Gasteiger partial charge in [0.05, 0.1) is 12.8 Å². The molecule has 4 N–H and O–H groups in total. The SMILES string of the molecule is CCNc1nc(C)cc(Oc2ccc(NC(=O)N(N)c3cc(C)ccc3OC)c3ccccc23)n1. The van der Waals surface area contributed by atoms with E-state index in [9.17, 15) is 4.79 Å². The fraction of sp³-hybridized carbons (Fsp3) is 0.192. The predicted octanol–water partition coefficient (Wildman–Crippen LogP) is 5.39. The highest BCUT2D eigenvalue weighted by molar-refractivity contribution is 6.08. The number of ether oxygens (including phenoxy) is 2. The van der Waals surface area contributed by atoms with Crippen LogP contribution in [0.3, 0.4) is 0 Å². The van der Waals surface area contributed by atoms with Gasteiger partial charge in [-0.25, -0.2) is 20.6 Å². The lowest BCUT2D eigenvalue weighted by Gasteiger charge is -2.21. The summed E-state index contributed by atoms with van der Waals surface area (Å²) in [6.45, 7) is 6.48. The number of carbonyl (C=O) groups is 1. The number of nitrogens with two attached hydrogens (primary N) is 1. The van der Waals surface area contributed by atoms with Crippen molar-refractivity contribution in [3.8, 4) is 17.4 Å². The van der Waals surface area contributed by atoms with E-state index in [1.165, 1.54) is 7.11 Å². The van der Waals surface area contributed by atoms with Crippen LogP contribution < -0.4 is 31.0 Å². The molecule has 4 rings (SSSR count). The van der Waals surface area contributed by atoms with Crippen molar-refractivity contribution in [1.29, 1.82) is 0 Å². The van der Waals surface area contributed by atoms with Gasteiger partial charge in [0.2, 0.25) is 11.8 Å². The van der Waals surface area contributed by atoms with Crippen molar-refractivity contribution in [1.82, 2.24) is 9.97 Å². The molecule has 0 fully saturated rings. The van der Waals surface area contributed by atoms with Crippen LogP contribution in [0.1, 0.15) is 18.2 Å². The van der Waals surface area contributed by atoms with Crippen LogP contribution >= 0.6 is 0 Å². The monoisotopic (exact) mass is 472 g/mol. The molecule has 9 heteroatoms. The quantitative estimate of drug-likeness (QED) is 0.188. The summed E-state index contributed by atoms with van der Waals surface area (Å²) in [5, 5.41) is 8.64. The number of hydrazine groups is 1. The molecule has 0 unspecified atom stereocenters. The number of amides is 2. The predicted molar refractivity (Wildman–Crippen MR) is 138 cm³/mol. The first-order valence-corrected chi connectivity index (χ1v) is 11.2.